The highest BCUT2D eigenvalue weighted by Crippen LogP contribution is 2.22. The number of anilines is 2. The summed E-state index contributed by atoms with van der Waals surface area (Å²) >= 11 is 0. The largest absolute Gasteiger partial charge is 0.372 e. The number of rotatable bonds is 4. The van der Waals surface area contributed by atoms with Gasteiger partial charge in [0.25, 0.3) is 0 Å². The molecule has 0 unspecified atom stereocenters. The van der Waals surface area contributed by atoms with E-state index in [1.807, 2.05) is 30.3 Å². The Labute approximate surface area is 124 Å². The van der Waals surface area contributed by atoms with Gasteiger partial charge in [-0.05, 0) is 49.2 Å². The molecule has 0 atom stereocenters. The molecule has 1 aliphatic heterocycles. The molecule has 1 saturated heterocycles. The summed E-state index contributed by atoms with van der Waals surface area (Å²) < 4.78 is 0. The molecule has 1 N–H and O–H groups in total. The van der Waals surface area contributed by atoms with Crippen molar-refractivity contribution in [3.05, 3.63) is 54.4 Å². The Morgan fingerprint density at radius 2 is 1.86 bits per heavy atom. The normalized spacial score (nSPS) is 14.2. The van der Waals surface area contributed by atoms with E-state index >= 15 is 0 Å². The van der Waals surface area contributed by atoms with E-state index in [-0.39, 0.29) is 5.91 Å². The summed E-state index contributed by atoms with van der Waals surface area (Å²) in [6, 6.07) is 13.7. The van der Waals surface area contributed by atoms with Gasteiger partial charge in [-0.3, -0.25) is 9.78 Å². The first-order valence-corrected chi connectivity index (χ1v) is 7.36. The van der Waals surface area contributed by atoms with Gasteiger partial charge in [0.1, 0.15) is 0 Å². The number of hydrogen-bond acceptors (Lipinski definition) is 3. The zero-order valence-corrected chi connectivity index (χ0v) is 12.0. The van der Waals surface area contributed by atoms with Crippen LogP contribution in [0.4, 0.5) is 11.4 Å². The number of pyridine rings is 1. The zero-order valence-electron chi connectivity index (χ0n) is 12.0. The Bertz CT molecular complexity index is 589. The van der Waals surface area contributed by atoms with Crippen LogP contribution >= 0.6 is 0 Å². The van der Waals surface area contributed by atoms with E-state index in [0.29, 0.717) is 6.42 Å². The van der Waals surface area contributed by atoms with Gasteiger partial charge in [0, 0.05) is 36.4 Å². The van der Waals surface area contributed by atoms with Crippen molar-refractivity contribution >= 4 is 17.3 Å². The Hall–Kier alpha value is -2.36. The third kappa shape index (κ3) is 3.60. The maximum atomic E-state index is 12.0. The van der Waals surface area contributed by atoms with Crippen molar-refractivity contribution in [1.29, 1.82) is 0 Å². The maximum Gasteiger partial charge on any atom is 0.230 e. The minimum Gasteiger partial charge on any atom is -0.372 e. The Morgan fingerprint density at radius 3 is 2.52 bits per heavy atom. The van der Waals surface area contributed by atoms with Gasteiger partial charge in [0.05, 0.1) is 6.42 Å². The van der Waals surface area contributed by atoms with Crippen LogP contribution in [0.1, 0.15) is 18.5 Å². The summed E-state index contributed by atoms with van der Waals surface area (Å²) in [5.41, 5.74) is 2.85. The fraction of sp³-hybridized carbons (Fsp3) is 0.294. The van der Waals surface area contributed by atoms with Crippen LogP contribution in [0.15, 0.2) is 48.7 Å². The minimum absolute atomic E-state index is 0.0392. The van der Waals surface area contributed by atoms with Crippen LogP contribution in [0, 0.1) is 0 Å². The first-order chi connectivity index (χ1) is 10.3. The minimum atomic E-state index is -0.0392. The number of amides is 1. The molecule has 21 heavy (non-hydrogen) atoms. The van der Waals surface area contributed by atoms with Gasteiger partial charge in [-0.15, -0.1) is 0 Å². The fourth-order valence-electron chi connectivity index (χ4n) is 2.60. The smallest absolute Gasteiger partial charge is 0.230 e. The lowest BCUT2D eigenvalue weighted by molar-refractivity contribution is -0.115. The highest BCUT2D eigenvalue weighted by Gasteiger charge is 2.12. The standard InChI is InChI=1S/C17H19N3O/c21-17(13-15-5-1-2-10-18-15)19-14-6-8-16(9-7-14)20-11-3-4-12-20/h1-2,5-10H,3-4,11-13H2,(H,19,21). The Morgan fingerprint density at radius 1 is 1.10 bits per heavy atom. The lowest BCUT2D eigenvalue weighted by Gasteiger charge is -2.17. The van der Waals surface area contributed by atoms with Crippen LogP contribution in [0.5, 0.6) is 0 Å². The molecule has 1 aliphatic rings. The molecule has 108 valence electrons. The molecular weight excluding hydrogens is 262 g/mol. The topological polar surface area (TPSA) is 45.2 Å². The van der Waals surface area contributed by atoms with Crippen molar-refractivity contribution in [1.82, 2.24) is 4.98 Å². The molecule has 4 nitrogen and oxygen atoms in total. The molecule has 0 spiro atoms. The van der Waals surface area contributed by atoms with E-state index in [2.05, 4.69) is 27.3 Å². The van der Waals surface area contributed by atoms with Gasteiger partial charge < -0.3 is 10.2 Å². The van der Waals surface area contributed by atoms with Crippen LogP contribution in [0.2, 0.25) is 0 Å². The number of nitrogens with one attached hydrogen (secondary N) is 1. The van der Waals surface area contributed by atoms with Crippen LogP contribution < -0.4 is 10.2 Å². The lowest BCUT2D eigenvalue weighted by atomic mass is 10.2. The average Bonchev–Trinajstić information content (AvgIpc) is 3.03. The number of carbonyl (C=O) groups excluding carboxylic acids is 1. The number of nitrogens with zero attached hydrogens (tertiary/aromatic N) is 2. The molecule has 3 rings (SSSR count). The van der Waals surface area contributed by atoms with E-state index in [4.69, 9.17) is 0 Å². The molecule has 0 saturated carbocycles. The number of hydrogen-bond donors (Lipinski definition) is 1. The second kappa shape index (κ2) is 6.39. The van der Waals surface area contributed by atoms with Crippen molar-refractivity contribution in [3.63, 3.8) is 0 Å². The van der Waals surface area contributed by atoms with Crippen molar-refractivity contribution < 1.29 is 4.79 Å². The first kappa shape index (κ1) is 13.6. The van der Waals surface area contributed by atoms with E-state index in [1.54, 1.807) is 6.20 Å². The summed E-state index contributed by atoms with van der Waals surface area (Å²) in [5, 5.41) is 2.91. The second-order valence-electron chi connectivity index (χ2n) is 5.29. The van der Waals surface area contributed by atoms with E-state index < -0.39 is 0 Å². The van der Waals surface area contributed by atoms with E-state index in [1.165, 1.54) is 18.5 Å². The zero-order chi connectivity index (χ0) is 14.5. The summed E-state index contributed by atoms with van der Waals surface area (Å²) in [7, 11) is 0. The molecule has 1 fully saturated rings. The van der Waals surface area contributed by atoms with Gasteiger partial charge in [-0.1, -0.05) is 6.07 Å². The summed E-state index contributed by atoms with van der Waals surface area (Å²) in [6.45, 7) is 2.26. The van der Waals surface area contributed by atoms with Crippen molar-refractivity contribution in [2.24, 2.45) is 0 Å². The summed E-state index contributed by atoms with van der Waals surface area (Å²) in [6.07, 6.45) is 4.54. The molecular formula is C17H19N3O. The van der Waals surface area contributed by atoms with Crippen molar-refractivity contribution in [3.8, 4) is 0 Å². The average molecular weight is 281 g/mol. The predicted molar refractivity (Wildman–Crippen MR) is 84.5 cm³/mol. The number of benzene rings is 1. The van der Waals surface area contributed by atoms with E-state index in [0.717, 1.165) is 24.5 Å². The monoisotopic (exact) mass is 281 g/mol. The van der Waals surface area contributed by atoms with Crippen LogP contribution in [-0.2, 0) is 11.2 Å². The van der Waals surface area contributed by atoms with Gasteiger partial charge in [0.15, 0.2) is 0 Å². The number of carbonyl (C=O) groups is 1. The number of aromatic nitrogens is 1. The third-order valence-corrected chi connectivity index (χ3v) is 3.69. The Balaban J connectivity index is 1.58. The molecule has 1 aromatic heterocycles. The molecule has 0 radical (unpaired) electrons. The highest BCUT2D eigenvalue weighted by atomic mass is 16.1. The summed E-state index contributed by atoms with van der Waals surface area (Å²) in [4.78, 5) is 18.5. The SMILES string of the molecule is O=C(Cc1ccccn1)Nc1ccc(N2CCCC2)cc1. The van der Waals surface area contributed by atoms with Crippen LogP contribution in [0.3, 0.4) is 0 Å². The summed E-state index contributed by atoms with van der Waals surface area (Å²) in [5.74, 6) is -0.0392. The molecule has 0 bridgehead atoms. The predicted octanol–water partition coefficient (Wildman–Crippen LogP) is 2.86. The highest BCUT2D eigenvalue weighted by molar-refractivity contribution is 5.92. The van der Waals surface area contributed by atoms with Gasteiger partial charge in [-0.25, -0.2) is 0 Å². The van der Waals surface area contributed by atoms with Gasteiger partial charge >= 0.3 is 0 Å². The molecule has 2 heterocycles. The van der Waals surface area contributed by atoms with Crippen molar-refractivity contribution in [2.45, 2.75) is 19.3 Å². The van der Waals surface area contributed by atoms with Crippen LogP contribution in [0.25, 0.3) is 0 Å². The van der Waals surface area contributed by atoms with Gasteiger partial charge in [-0.2, -0.15) is 0 Å². The maximum absolute atomic E-state index is 12.0. The fourth-order valence-corrected chi connectivity index (χ4v) is 2.60. The molecule has 1 aromatic carbocycles. The molecule has 2 aromatic rings. The molecule has 0 aliphatic carbocycles. The molecule has 1 amide bonds. The first-order valence-electron chi connectivity index (χ1n) is 7.36. The quantitative estimate of drug-likeness (QED) is 0.937. The van der Waals surface area contributed by atoms with Crippen molar-refractivity contribution in [2.75, 3.05) is 23.3 Å². The second-order valence-corrected chi connectivity index (χ2v) is 5.29. The van der Waals surface area contributed by atoms with Crippen LogP contribution in [-0.4, -0.2) is 24.0 Å². The Kier molecular flexibility index (Phi) is 4.15. The van der Waals surface area contributed by atoms with Gasteiger partial charge in [0.2, 0.25) is 5.91 Å². The lowest BCUT2D eigenvalue weighted by Crippen LogP contribution is -2.18. The van der Waals surface area contributed by atoms with E-state index in [9.17, 15) is 4.79 Å². The molecule has 4 heteroatoms. The third-order valence-electron chi connectivity index (χ3n) is 3.69.